The van der Waals surface area contributed by atoms with Gasteiger partial charge in [-0.25, -0.2) is 4.79 Å². The molecule has 2 aliphatic rings. The van der Waals surface area contributed by atoms with E-state index < -0.39 is 47.4 Å². The van der Waals surface area contributed by atoms with E-state index in [-0.39, 0.29) is 31.8 Å². The molecule has 2 aliphatic heterocycles. The van der Waals surface area contributed by atoms with Crippen molar-refractivity contribution in [3.05, 3.63) is 108 Å². The van der Waals surface area contributed by atoms with Crippen LogP contribution < -0.4 is 16.0 Å². The Kier molecular flexibility index (Phi) is 11.0. The van der Waals surface area contributed by atoms with Crippen molar-refractivity contribution in [1.82, 2.24) is 20.9 Å². The minimum atomic E-state index is -1.44. The Morgan fingerprint density at radius 3 is 2.13 bits per heavy atom. The minimum absolute atomic E-state index is 0.151. The summed E-state index contributed by atoms with van der Waals surface area (Å²) in [5, 5.41) is 8.81. The number of unbranched alkanes of at least 4 members (excludes halogenated alkanes) is 1. The maximum Gasteiger partial charge on any atom is 0.338 e. The molecule has 0 spiro atoms. The summed E-state index contributed by atoms with van der Waals surface area (Å²) >= 11 is 0. The molecule has 47 heavy (non-hydrogen) atoms. The second-order valence-electron chi connectivity index (χ2n) is 12.4. The largest absolute Gasteiger partial charge is 0.462 e. The standard InChI is InChI=1S/C37H42N4O6/c1-37(25-27-16-7-3-8-17-27)36(46)39-30(24-26-14-5-2-6-15-26)34(44)41-22-13-21-31(41)33(43)38-29(32(42)40-37)20-11-12-23-47-35(45)28-18-9-4-10-19-28/h2-10,14-19,29-31H,11-13,20-25H2,1H3,(H,38,43)(H,39,46)(H,40,42)/t29-,30?,31+,37-/m0/s1. The van der Waals surface area contributed by atoms with Crippen molar-refractivity contribution in [3.8, 4) is 0 Å². The van der Waals surface area contributed by atoms with Crippen molar-refractivity contribution < 1.29 is 28.7 Å². The maximum atomic E-state index is 14.2. The number of hydrogen-bond acceptors (Lipinski definition) is 6. The van der Waals surface area contributed by atoms with Gasteiger partial charge in [0.1, 0.15) is 23.7 Å². The summed E-state index contributed by atoms with van der Waals surface area (Å²) in [6, 6.07) is 24.8. The summed E-state index contributed by atoms with van der Waals surface area (Å²) in [5.41, 5.74) is 0.701. The molecule has 0 aromatic heterocycles. The molecule has 0 bridgehead atoms. The molecule has 0 saturated carbocycles. The lowest BCUT2D eigenvalue weighted by molar-refractivity contribution is -0.144. The van der Waals surface area contributed by atoms with Gasteiger partial charge in [0.05, 0.1) is 12.2 Å². The average molecular weight is 639 g/mol. The number of carbonyl (C=O) groups excluding carboxylic acids is 5. The topological polar surface area (TPSA) is 134 Å². The van der Waals surface area contributed by atoms with E-state index in [1.165, 1.54) is 4.90 Å². The Morgan fingerprint density at radius 2 is 1.45 bits per heavy atom. The molecule has 2 fully saturated rings. The average Bonchev–Trinajstić information content (AvgIpc) is 3.58. The fraction of sp³-hybridized carbons (Fsp3) is 0.378. The fourth-order valence-corrected chi connectivity index (χ4v) is 6.22. The van der Waals surface area contributed by atoms with Crippen LogP contribution in [0.4, 0.5) is 0 Å². The van der Waals surface area contributed by atoms with Crippen LogP contribution in [0.2, 0.25) is 0 Å². The van der Waals surface area contributed by atoms with Crippen LogP contribution in [-0.2, 0) is 36.8 Å². The third kappa shape index (κ3) is 8.64. The molecule has 4 amide bonds. The molecular formula is C37H42N4O6. The highest BCUT2D eigenvalue weighted by Gasteiger charge is 2.43. The second-order valence-corrected chi connectivity index (χ2v) is 12.4. The van der Waals surface area contributed by atoms with Crippen LogP contribution in [0.25, 0.3) is 0 Å². The number of nitrogens with one attached hydrogen (secondary N) is 3. The van der Waals surface area contributed by atoms with Crippen LogP contribution in [0, 0.1) is 0 Å². The molecule has 2 heterocycles. The highest BCUT2D eigenvalue weighted by atomic mass is 16.5. The molecular weight excluding hydrogens is 596 g/mol. The van der Waals surface area contributed by atoms with Gasteiger partial charge in [0.25, 0.3) is 0 Å². The zero-order valence-corrected chi connectivity index (χ0v) is 26.7. The third-order valence-electron chi connectivity index (χ3n) is 8.79. The van der Waals surface area contributed by atoms with E-state index in [1.54, 1.807) is 31.2 Å². The molecule has 10 nitrogen and oxygen atoms in total. The first kappa shape index (κ1) is 33.4. The summed E-state index contributed by atoms with van der Waals surface area (Å²) in [4.78, 5) is 69.7. The van der Waals surface area contributed by atoms with Crippen molar-refractivity contribution in [2.45, 2.75) is 75.5 Å². The Hall–Kier alpha value is -4.99. The van der Waals surface area contributed by atoms with E-state index in [4.69, 9.17) is 4.74 Å². The number of rotatable bonds is 10. The van der Waals surface area contributed by atoms with Gasteiger partial charge in [-0.15, -0.1) is 0 Å². The van der Waals surface area contributed by atoms with Gasteiger partial charge in [-0.2, -0.15) is 0 Å². The number of ether oxygens (including phenoxy) is 1. The smallest absolute Gasteiger partial charge is 0.338 e. The molecule has 0 radical (unpaired) electrons. The van der Waals surface area contributed by atoms with E-state index in [2.05, 4.69) is 16.0 Å². The quantitative estimate of drug-likeness (QED) is 0.231. The van der Waals surface area contributed by atoms with E-state index in [9.17, 15) is 24.0 Å². The van der Waals surface area contributed by atoms with Crippen LogP contribution in [0.5, 0.6) is 0 Å². The highest BCUT2D eigenvalue weighted by molar-refractivity contribution is 5.99. The normalized spacial score (nSPS) is 23.4. The number of amides is 4. The Balaban J connectivity index is 1.36. The van der Waals surface area contributed by atoms with Gasteiger partial charge in [-0.05, 0) is 62.3 Å². The van der Waals surface area contributed by atoms with Crippen LogP contribution in [0.15, 0.2) is 91.0 Å². The van der Waals surface area contributed by atoms with Crippen LogP contribution >= 0.6 is 0 Å². The monoisotopic (exact) mass is 638 g/mol. The molecule has 10 heteroatoms. The molecule has 3 aromatic carbocycles. The summed E-state index contributed by atoms with van der Waals surface area (Å²) in [5.74, 6) is -2.14. The number of fused-ring (bicyclic) bond motifs is 1. The van der Waals surface area contributed by atoms with Crippen molar-refractivity contribution in [2.24, 2.45) is 0 Å². The van der Waals surface area contributed by atoms with Crippen molar-refractivity contribution in [1.29, 1.82) is 0 Å². The molecule has 5 rings (SSSR count). The van der Waals surface area contributed by atoms with Crippen molar-refractivity contribution in [3.63, 3.8) is 0 Å². The Morgan fingerprint density at radius 1 is 0.809 bits per heavy atom. The number of nitrogens with zero attached hydrogens (tertiary/aromatic N) is 1. The van der Waals surface area contributed by atoms with Crippen LogP contribution in [0.3, 0.4) is 0 Å². The first-order chi connectivity index (χ1) is 22.7. The minimum Gasteiger partial charge on any atom is -0.462 e. The Bertz CT molecular complexity index is 1550. The van der Waals surface area contributed by atoms with Gasteiger partial charge in [0.2, 0.25) is 23.6 Å². The lowest BCUT2D eigenvalue weighted by Gasteiger charge is -2.36. The SMILES string of the molecule is C[C@@]1(Cc2ccccc2)NC(=O)[C@H](CCCCOC(=O)c2ccccc2)NC(=O)[C@H]2CCCN2C(=O)C(Cc2ccccc2)NC1=O. The molecule has 3 N–H and O–H groups in total. The number of esters is 1. The zero-order chi connectivity index (χ0) is 33.2. The first-order valence-corrected chi connectivity index (χ1v) is 16.3. The number of carbonyl (C=O) groups is 5. The van der Waals surface area contributed by atoms with Gasteiger partial charge in [-0.1, -0.05) is 78.9 Å². The maximum absolute atomic E-state index is 14.2. The van der Waals surface area contributed by atoms with Gasteiger partial charge in [0, 0.05) is 19.4 Å². The van der Waals surface area contributed by atoms with Gasteiger partial charge < -0.3 is 25.6 Å². The van der Waals surface area contributed by atoms with E-state index in [0.29, 0.717) is 37.8 Å². The van der Waals surface area contributed by atoms with Gasteiger partial charge in [0.15, 0.2) is 0 Å². The molecule has 3 aromatic rings. The van der Waals surface area contributed by atoms with Gasteiger partial charge in [-0.3, -0.25) is 19.2 Å². The van der Waals surface area contributed by atoms with E-state index >= 15 is 0 Å². The summed E-state index contributed by atoms with van der Waals surface area (Å²) < 4.78 is 5.39. The number of hydrogen-bond donors (Lipinski definition) is 3. The van der Waals surface area contributed by atoms with E-state index in [1.807, 2.05) is 66.7 Å². The molecule has 4 atom stereocenters. The molecule has 246 valence electrons. The zero-order valence-electron chi connectivity index (χ0n) is 26.7. The van der Waals surface area contributed by atoms with Crippen LogP contribution in [-0.4, -0.2) is 71.3 Å². The predicted octanol–water partition coefficient (Wildman–Crippen LogP) is 3.35. The summed E-state index contributed by atoms with van der Waals surface area (Å²) in [6.07, 6.45) is 2.68. The lowest BCUT2D eigenvalue weighted by atomic mass is 9.90. The third-order valence-corrected chi connectivity index (χ3v) is 8.79. The summed E-state index contributed by atoms with van der Waals surface area (Å²) in [6.45, 7) is 2.17. The molecule has 1 unspecified atom stereocenters. The Labute approximate surface area is 275 Å². The lowest BCUT2D eigenvalue weighted by Crippen LogP contribution is -2.66. The second kappa shape index (κ2) is 15.5. The highest BCUT2D eigenvalue weighted by Crippen LogP contribution is 2.23. The number of benzene rings is 3. The fourth-order valence-electron chi connectivity index (χ4n) is 6.22. The van der Waals surface area contributed by atoms with Gasteiger partial charge >= 0.3 is 5.97 Å². The predicted molar refractivity (Wildman–Crippen MR) is 176 cm³/mol. The molecule has 0 aliphatic carbocycles. The molecule has 2 saturated heterocycles. The summed E-state index contributed by atoms with van der Waals surface area (Å²) in [7, 11) is 0. The first-order valence-electron chi connectivity index (χ1n) is 16.3. The van der Waals surface area contributed by atoms with Crippen molar-refractivity contribution >= 4 is 29.6 Å². The van der Waals surface area contributed by atoms with Crippen LogP contribution in [0.1, 0.15) is 60.5 Å². The van der Waals surface area contributed by atoms with E-state index in [0.717, 1.165) is 11.1 Å². The van der Waals surface area contributed by atoms with Crippen molar-refractivity contribution in [2.75, 3.05) is 13.2 Å².